The molecule has 0 bridgehead atoms. The number of amides is 2. The fraction of sp³-hybridized carbons (Fsp3) is 0.185. The van der Waals surface area contributed by atoms with Crippen molar-refractivity contribution in [3.8, 4) is 11.5 Å². The Kier molecular flexibility index (Phi) is 6.36. The largest absolute Gasteiger partial charge is 0.497 e. The van der Waals surface area contributed by atoms with Gasteiger partial charge in [-0.15, -0.1) is 0 Å². The molecule has 0 aromatic heterocycles. The van der Waals surface area contributed by atoms with Gasteiger partial charge in [0.05, 0.1) is 26.3 Å². The zero-order chi connectivity index (χ0) is 24.4. The minimum atomic E-state index is -0.537. The van der Waals surface area contributed by atoms with E-state index >= 15 is 0 Å². The van der Waals surface area contributed by atoms with Crippen molar-refractivity contribution in [2.24, 2.45) is 0 Å². The standard InChI is InChI=1S/C27H25FN2O4/c1-16-9-10-22(17(2)11-16)24-25(29-19-12-20(33-3)14-21(13-19)34-4)27(32)30(26(24)31)15-18-7-5-6-8-23(18)28/h5-14,29H,15H2,1-4H3. The Hall–Kier alpha value is -4.13. The highest BCUT2D eigenvalue weighted by Crippen LogP contribution is 2.35. The van der Waals surface area contributed by atoms with Crippen LogP contribution in [-0.2, 0) is 16.1 Å². The van der Waals surface area contributed by atoms with Gasteiger partial charge in [-0.3, -0.25) is 14.5 Å². The monoisotopic (exact) mass is 460 g/mol. The first-order valence-electron chi connectivity index (χ1n) is 10.7. The molecule has 6 nitrogen and oxygen atoms in total. The van der Waals surface area contributed by atoms with Crippen molar-refractivity contribution in [3.63, 3.8) is 0 Å². The maximum Gasteiger partial charge on any atom is 0.278 e. The number of carbonyl (C=O) groups excluding carboxylic acids is 2. The molecule has 0 spiro atoms. The zero-order valence-electron chi connectivity index (χ0n) is 19.4. The number of imide groups is 1. The van der Waals surface area contributed by atoms with Gasteiger partial charge >= 0.3 is 0 Å². The summed E-state index contributed by atoms with van der Waals surface area (Å²) >= 11 is 0. The van der Waals surface area contributed by atoms with E-state index in [4.69, 9.17) is 9.47 Å². The average Bonchev–Trinajstić information content (AvgIpc) is 3.04. The van der Waals surface area contributed by atoms with E-state index in [1.165, 1.54) is 20.3 Å². The van der Waals surface area contributed by atoms with E-state index < -0.39 is 17.6 Å². The molecule has 0 fully saturated rings. The van der Waals surface area contributed by atoms with Gasteiger partial charge in [-0.1, -0.05) is 42.0 Å². The zero-order valence-corrected chi connectivity index (χ0v) is 19.4. The first-order valence-corrected chi connectivity index (χ1v) is 10.7. The molecular formula is C27H25FN2O4. The predicted molar refractivity (Wildman–Crippen MR) is 128 cm³/mol. The van der Waals surface area contributed by atoms with E-state index in [0.717, 1.165) is 16.0 Å². The van der Waals surface area contributed by atoms with E-state index in [1.54, 1.807) is 36.4 Å². The van der Waals surface area contributed by atoms with Crippen LogP contribution < -0.4 is 14.8 Å². The molecule has 1 aliphatic rings. The summed E-state index contributed by atoms with van der Waals surface area (Å²) in [7, 11) is 3.05. The van der Waals surface area contributed by atoms with Crippen molar-refractivity contribution < 1.29 is 23.5 Å². The lowest BCUT2D eigenvalue weighted by molar-refractivity contribution is -0.137. The molecule has 2 amide bonds. The van der Waals surface area contributed by atoms with Gasteiger partial charge in [0.1, 0.15) is 23.0 Å². The Morgan fingerprint density at radius 3 is 2.18 bits per heavy atom. The lowest BCUT2D eigenvalue weighted by Crippen LogP contribution is -2.32. The van der Waals surface area contributed by atoms with Crippen LogP contribution in [0, 0.1) is 19.7 Å². The highest BCUT2D eigenvalue weighted by Gasteiger charge is 2.40. The van der Waals surface area contributed by atoms with E-state index in [2.05, 4.69) is 5.32 Å². The van der Waals surface area contributed by atoms with Crippen molar-refractivity contribution in [2.75, 3.05) is 19.5 Å². The number of halogens is 1. The maximum absolute atomic E-state index is 14.3. The van der Waals surface area contributed by atoms with E-state index in [0.29, 0.717) is 22.7 Å². The molecule has 3 aromatic rings. The number of rotatable bonds is 7. The first-order chi connectivity index (χ1) is 16.3. The molecule has 0 atom stereocenters. The number of hydrogen-bond acceptors (Lipinski definition) is 5. The topological polar surface area (TPSA) is 67.9 Å². The molecule has 0 saturated carbocycles. The predicted octanol–water partition coefficient (Wildman–Crippen LogP) is 4.85. The second kappa shape index (κ2) is 9.39. The average molecular weight is 461 g/mol. The summed E-state index contributed by atoms with van der Waals surface area (Å²) < 4.78 is 25.0. The smallest absolute Gasteiger partial charge is 0.278 e. The molecule has 0 saturated heterocycles. The van der Waals surface area contributed by atoms with E-state index in [1.807, 2.05) is 32.0 Å². The second-order valence-corrected chi connectivity index (χ2v) is 8.08. The molecule has 7 heteroatoms. The molecule has 34 heavy (non-hydrogen) atoms. The van der Waals surface area contributed by atoms with Gasteiger partial charge in [0, 0.05) is 29.4 Å². The Labute approximate surface area is 197 Å². The van der Waals surface area contributed by atoms with Crippen LogP contribution in [0.4, 0.5) is 10.1 Å². The molecular weight excluding hydrogens is 435 g/mol. The number of benzene rings is 3. The van der Waals surface area contributed by atoms with Gasteiger partial charge in [0.25, 0.3) is 11.8 Å². The van der Waals surface area contributed by atoms with Gasteiger partial charge in [0.15, 0.2) is 0 Å². The van der Waals surface area contributed by atoms with Gasteiger partial charge in [-0.05, 0) is 31.0 Å². The number of anilines is 1. The van der Waals surface area contributed by atoms with Crippen LogP contribution in [-0.4, -0.2) is 30.9 Å². The SMILES string of the molecule is COc1cc(NC2=C(c3ccc(C)cc3C)C(=O)N(Cc3ccccc3F)C2=O)cc(OC)c1. The van der Waals surface area contributed by atoms with Gasteiger partial charge in [0.2, 0.25) is 0 Å². The first kappa shape index (κ1) is 23.0. The van der Waals surface area contributed by atoms with Crippen LogP contribution >= 0.6 is 0 Å². The minimum absolute atomic E-state index is 0.114. The second-order valence-electron chi connectivity index (χ2n) is 8.08. The summed E-state index contributed by atoms with van der Waals surface area (Å²) in [6.07, 6.45) is 0. The molecule has 0 aliphatic carbocycles. The molecule has 1 N–H and O–H groups in total. The maximum atomic E-state index is 14.3. The summed E-state index contributed by atoms with van der Waals surface area (Å²) in [5.41, 5.74) is 3.65. The van der Waals surface area contributed by atoms with Gasteiger partial charge in [-0.2, -0.15) is 0 Å². The summed E-state index contributed by atoms with van der Waals surface area (Å²) in [6.45, 7) is 3.67. The molecule has 3 aromatic carbocycles. The minimum Gasteiger partial charge on any atom is -0.497 e. The van der Waals surface area contributed by atoms with Crippen LogP contribution in [0.15, 0.2) is 66.4 Å². The summed E-state index contributed by atoms with van der Waals surface area (Å²) in [4.78, 5) is 28.1. The van der Waals surface area contributed by atoms with Crippen molar-refractivity contribution in [3.05, 3.63) is 94.4 Å². The third kappa shape index (κ3) is 4.37. The highest BCUT2D eigenvalue weighted by molar-refractivity contribution is 6.36. The van der Waals surface area contributed by atoms with Crippen LogP contribution in [0.5, 0.6) is 11.5 Å². The van der Waals surface area contributed by atoms with E-state index in [-0.39, 0.29) is 23.4 Å². The lowest BCUT2D eigenvalue weighted by atomic mass is 9.97. The van der Waals surface area contributed by atoms with Gasteiger partial charge < -0.3 is 14.8 Å². The quantitative estimate of drug-likeness (QED) is 0.511. The van der Waals surface area contributed by atoms with E-state index in [9.17, 15) is 14.0 Å². The number of nitrogens with zero attached hydrogens (tertiary/aromatic N) is 1. The number of aryl methyl sites for hydroxylation is 2. The Morgan fingerprint density at radius 1 is 0.882 bits per heavy atom. The lowest BCUT2D eigenvalue weighted by Gasteiger charge is -2.16. The van der Waals surface area contributed by atoms with Crippen LogP contribution in [0.3, 0.4) is 0 Å². The third-order valence-electron chi connectivity index (χ3n) is 5.73. The fourth-order valence-corrected chi connectivity index (χ4v) is 4.00. The molecule has 174 valence electrons. The molecule has 0 unspecified atom stereocenters. The number of ether oxygens (including phenoxy) is 2. The van der Waals surface area contributed by atoms with Crippen molar-refractivity contribution >= 4 is 23.1 Å². The Morgan fingerprint density at radius 2 is 1.56 bits per heavy atom. The molecule has 1 aliphatic heterocycles. The van der Waals surface area contributed by atoms with Crippen molar-refractivity contribution in [1.29, 1.82) is 0 Å². The fourth-order valence-electron chi connectivity index (χ4n) is 4.00. The highest BCUT2D eigenvalue weighted by atomic mass is 19.1. The summed E-state index contributed by atoms with van der Waals surface area (Å²) in [6, 6.07) is 16.9. The normalized spacial score (nSPS) is 13.5. The third-order valence-corrected chi connectivity index (χ3v) is 5.73. The number of hydrogen-bond donors (Lipinski definition) is 1. The van der Waals surface area contributed by atoms with Crippen molar-refractivity contribution in [1.82, 2.24) is 4.90 Å². The molecule has 0 radical (unpaired) electrons. The summed E-state index contributed by atoms with van der Waals surface area (Å²) in [5, 5.41) is 3.11. The van der Waals surface area contributed by atoms with Crippen molar-refractivity contribution in [2.45, 2.75) is 20.4 Å². The number of carbonyl (C=O) groups is 2. The number of methoxy groups -OCH3 is 2. The van der Waals surface area contributed by atoms with Crippen LogP contribution in [0.1, 0.15) is 22.3 Å². The summed E-state index contributed by atoms with van der Waals surface area (Å²) in [5.74, 6) is -0.455. The Balaban J connectivity index is 1.81. The molecule has 1 heterocycles. The van der Waals surface area contributed by atoms with Crippen LogP contribution in [0.25, 0.3) is 5.57 Å². The van der Waals surface area contributed by atoms with Crippen LogP contribution in [0.2, 0.25) is 0 Å². The Bertz CT molecular complexity index is 1290. The van der Waals surface area contributed by atoms with Gasteiger partial charge in [-0.25, -0.2) is 4.39 Å². The molecule has 4 rings (SSSR count). The number of nitrogens with one attached hydrogen (secondary N) is 1.